The van der Waals surface area contributed by atoms with Gasteiger partial charge < -0.3 is 0 Å². The maximum Gasteiger partial charge on any atom is 0.195 e. The molecule has 0 spiro atoms. The Hall–Kier alpha value is -1.84. The number of nitrogens with zero attached hydrogens (tertiary/aromatic N) is 2. The lowest BCUT2D eigenvalue weighted by atomic mass is 10.2. The zero-order valence-electron chi connectivity index (χ0n) is 9.88. The fourth-order valence-corrected chi connectivity index (χ4v) is 3.37. The van der Waals surface area contributed by atoms with Crippen LogP contribution in [0.25, 0.3) is 26.4 Å². The number of fused-ring (bicyclic) bond motifs is 3. The van der Waals surface area contributed by atoms with Crippen molar-refractivity contribution in [3.8, 4) is 11.3 Å². The van der Waals surface area contributed by atoms with E-state index < -0.39 is 0 Å². The van der Waals surface area contributed by atoms with Gasteiger partial charge in [-0.05, 0) is 18.2 Å². The van der Waals surface area contributed by atoms with E-state index in [1.54, 1.807) is 11.3 Å². The molecule has 0 aliphatic rings. The molecule has 2 aromatic carbocycles. The Morgan fingerprint density at radius 3 is 2.74 bits per heavy atom. The van der Waals surface area contributed by atoms with Gasteiger partial charge in [-0.15, -0.1) is 0 Å². The monoisotopic (exact) mass is 284 g/mol. The predicted molar refractivity (Wildman–Crippen MR) is 81.0 cm³/mol. The minimum absolute atomic E-state index is 0.752. The summed E-state index contributed by atoms with van der Waals surface area (Å²) >= 11 is 7.75. The van der Waals surface area contributed by atoms with Crippen LogP contribution in [0.2, 0.25) is 5.02 Å². The van der Waals surface area contributed by atoms with E-state index in [2.05, 4.69) is 27.7 Å². The summed E-state index contributed by atoms with van der Waals surface area (Å²) in [5, 5.41) is 0.752. The second kappa shape index (κ2) is 4.08. The van der Waals surface area contributed by atoms with E-state index in [9.17, 15) is 0 Å². The number of rotatable bonds is 1. The fraction of sp³-hybridized carbons (Fsp3) is 0. The Kier molecular flexibility index (Phi) is 2.37. The third-order valence-electron chi connectivity index (χ3n) is 3.12. The zero-order valence-corrected chi connectivity index (χ0v) is 11.4. The Labute approximate surface area is 118 Å². The topological polar surface area (TPSA) is 17.3 Å². The molecule has 2 nitrogen and oxygen atoms in total. The van der Waals surface area contributed by atoms with Crippen LogP contribution in [-0.4, -0.2) is 9.38 Å². The van der Waals surface area contributed by atoms with Crippen LogP contribution in [0.3, 0.4) is 0 Å². The van der Waals surface area contributed by atoms with Gasteiger partial charge in [-0.2, -0.15) is 0 Å². The summed E-state index contributed by atoms with van der Waals surface area (Å²) in [5.41, 5.74) is 3.24. The van der Waals surface area contributed by atoms with Crippen molar-refractivity contribution in [3.05, 3.63) is 59.8 Å². The summed E-state index contributed by atoms with van der Waals surface area (Å²) in [7, 11) is 0. The quantitative estimate of drug-likeness (QED) is 0.487. The Morgan fingerprint density at radius 1 is 1.05 bits per heavy atom. The van der Waals surface area contributed by atoms with Crippen LogP contribution in [0, 0.1) is 0 Å². The van der Waals surface area contributed by atoms with Crippen LogP contribution in [-0.2, 0) is 0 Å². The molecule has 0 aliphatic carbocycles. The molecule has 0 fully saturated rings. The van der Waals surface area contributed by atoms with Crippen molar-refractivity contribution >= 4 is 38.1 Å². The molecule has 19 heavy (non-hydrogen) atoms. The standard InChI is InChI=1S/C15H9ClN2S/c16-11-6-7-14-13(8-11)18-9-12(17-15(18)19-14)10-4-2-1-3-5-10/h1-9H. The molecular weight excluding hydrogens is 276 g/mol. The molecule has 0 aliphatic heterocycles. The molecule has 4 aromatic rings. The van der Waals surface area contributed by atoms with Gasteiger partial charge in [0.05, 0.1) is 15.9 Å². The molecule has 0 unspecified atom stereocenters. The van der Waals surface area contributed by atoms with Crippen LogP contribution >= 0.6 is 22.9 Å². The minimum Gasteiger partial charge on any atom is -0.290 e. The first-order chi connectivity index (χ1) is 9.31. The van der Waals surface area contributed by atoms with Crippen LogP contribution in [0.4, 0.5) is 0 Å². The SMILES string of the molecule is Clc1ccc2sc3nc(-c4ccccc4)cn3c2c1. The van der Waals surface area contributed by atoms with Crippen LogP contribution in [0.15, 0.2) is 54.7 Å². The van der Waals surface area contributed by atoms with Gasteiger partial charge in [-0.25, -0.2) is 4.98 Å². The molecule has 0 radical (unpaired) electrons. The summed E-state index contributed by atoms with van der Waals surface area (Å²) in [6.45, 7) is 0. The van der Waals surface area contributed by atoms with Gasteiger partial charge in [0, 0.05) is 16.8 Å². The summed E-state index contributed by atoms with van der Waals surface area (Å²) in [6, 6.07) is 16.1. The second-order valence-electron chi connectivity index (χ2n) is 4.36. The number of thiazole rings is 1. The van der Waals surface area contributed by atoms with Gasteiger partial charge in [0.25, 0.3) is 0 Å². The van der Waals surface area contributed by atoms with E-state index in [0.29, 0.717) is 0 Å². The average molecular weight is 285 g/mol. The van der Waals surface area contributed by atoms with E-state index >= 15 is 0 Å². The van der Waals surface area contributed by atoms with Gasteiger partial charge in [0.1, 0.15) is 0 Å². The van der Waals surface area contributed by atoms with Gasteiger partial charge >= 0.3 is 0 Å². The van der Waals surface area contributed by atoms with E-state index in [-0.39, 0.29) is 0 Å². The van der Waals surface area contributed by atoms with E-state index in [0.717, 1.165) is 26.8 Å². The van der Waals surface area contributed by atoms with E-state index in [1.165, 1.54) is 4.70 Å². The molecule has 4 rings (SSSR count). The lowest BCUT2D eigenvalue weighted by molar-refractivity contribution is 1.30. The first kappa shape index (κ1) is 11.0. The smallest absolute Gasteiger partial charge is 0.195 e. The first-order valence-corrected chi connectivity index (χ1v) is 7.13. The zero-order chi connectivity index (χ0) is 12.8. The summed E-state index contributed by atoms with van der Waals surface area (Å²) in [5.74, 6) is 0. The highest BCUT2D eigenvalue weighted by Gasteiger charge is 2.10. The van der Waals surface area contributed by atoms with Crippen molar-refractivity contribution in [2.75, 3.05) is 0 Å². The van der Waals surface area contributed by atoms with Crippen LogP contribution in [0.5, 0.6) is 0 Å². The number of imidazole rings is 1. The average Bonchev–Trinajstić information content (AvgIpc) is 2.98. The third kappa shape index (κ3) is 1.74. The molecule has 92 valence electrons. The van der Waals surface area contributed by atoms with E-state index in [4.69, 9.17) is 11.6 Å². The highest BCUT2D eigenvalue weighted by molar-refractivity contribution is 7.23. The minimum atomic E-state index is 0.752. The lowest BCUT2D eigenvalue weighted by Crippen LogP contribution is -1.77. The molecule has 0 saturated heterocycles. The van der Waals surface area contributed by atoms with Gasteiger partial charge in [-0.1, -0.05) is 53.3 Å². The maximum absolute atomic E-state index is 6.07. The molecule has 0 N–H and O–H groups in total. The van der Waals surface area contributed by atoms with E-state index in [1.807, 2.05) is 36.4 Å². The molecule has 4 heteroatoms. The van der Waals surface area contributed by atoms with Crippen molar-refractivity contribution in [3.63, 3.8) is 0 Å². The Morgan fingerprint density at radius 2 is 1.89 bits per heavy atom. The van der Waals surface area contributed by atoms with Crippen LogP contribution in [0.1, 0.15) is 0 Å². The molecule has 2 heterocycles. The van der Waals surface area contributed by atoms with Gasteiger partial charge in [0.2, 0.25) is 0 Å². The molecule has 0 saturated carbocycles. The summed E-state index contributed by atoms with van der Waals surface area (Å²) in [4.78, 5) is 5.68. The fourth-order valence-electron chi connectivity index (χ4n) is 2.22. The second-order valence-corrected chi connectivity index (χ2v) is 5.80. The highest BCUT2D eigenvalue weighted by Crippen LogP contribution is 2.30. The largest absolute Gasteiger partial charge is 0.290 e. The molecule has 2 aromatic heterocycles. The number of hydrogen-bond donors (Lipinski definition) is 0. The lowest BCUT2D eigenvalue weighted by Gasteiger charge is -1.94. The third-order valence-corrected chi connectivity index (χ3v) is 4.40. The normalized spacial score (nSPS) is 11.4. The number of aromatic nitrogens is 2. The van der Waals surface area contributed by atoms with Crippen molar-refractivity contribution in [2.24, 2.45) is 0 Å². The van der Waals surface area contributed by atoms with Gasteiger partial charge in [0.15, 0.2) is 4.96 Å². The first-order valence-electron chi connectivity index (χ1n) is 5.94. The molecule has 0 amide bonds. The Balaban J connectivity index is 2.00. The number of hydrogen-bond acceptors (Lipinski definition) is 2. The summed E-state index contributed by atoms with van der Waals surface area (Å²) < 4.78 is 3.31. The van der Waals surface area contributed by atoms with Crippen molar-refractivity contribution in [1.29, 1.82) is 0 Å². The predicted octanol–water partition coefficient (Wildman–Crippen LogP) is 4.87. The van der Waals surface area contributed by atoms with Crippen molar-refractivity contribution in [2.45, 2.75) is 0 Å². The number of benzene rings is 2. The number of halogens is 1. The van der Waals surface area contributed by atoms with Crippen LogP contribution < -0.4 is 0 Å². The molecule has 0 bridgehead atoms. The highest BCUT2D eigenvalue weighted by atomic mass is 35.5. The molecule has 0 atom stereocenters. The Bertz CT molecular complexity index is 877. The maximum atomic E-state index is 6.07. The van der Waals surface area contributed by atoms with Crippen molar-refractivity contribution in [1.82, 2.24) is 9.38 Å². The molecular formula is C15H9ClN2S. The summed E-state index contributed by atoms with van der Waals surface area (Å²) in [6.07, 6.45) is 2.07. The van der Waals surface area contributed by atoms with Crippen molar-refractivity contribution < 1.29 is 0 Å². The van der Waals surface area contributed by atoms with Gasteiger partial charge in [-0.3, -0.25) is 4.40 Å².